The summed E-state index contributed by atoms with van der Waals surface area (Å²) in [6.45, 7) is 2.51. The molecule has 3 rings (SSSR count). The fraction of sp³-hybridized carbons (Fsp3) is 0.269. The van der Waals surface area contributed by atoms with Gasteiger partial charge < -0.3 is 10.1 Å². The number of carbonyl (C=O) groups excluding carboxylic acids is 1. The predicted molar refractivity (Wildman–Crippen MR) is 152 cm³/mol. The summed E-state index contributed by atoms with van der Waals surface area (Å²) in [5.41, 5.74) is 1.58. The Labute approximate surface area is 230 Å². The lowest BCUT2D eigenvalue weighted by molar-refractivity contribution is -0.119. The van der Waals surface area contributed by atoms with Gasteiger partial charge in [0.05, 0.1) is 17.2 Å². The molecule has 0 aliphatic heterocycles. The summed E-state index contributed by atoms with van der Waals surface area (Å²) in [6.07, 6.45) is 0.770. The quantitative estimate of drug-likeness (QED) is 0.235. The van der Waals surface area contributed by atoms with Gasteiger partial charge in [-0.3, -0.25) is 9.10 Å². The number of ether oxygens (including phenoxy) is 1. The van der Waals surface area contributed by atoms with Crippen molar-refractivity contribution in [3.63, 3.8) is 0 Å². The van der Waals surface area contributed by atoms with Gasteiger partial charge in [-0.05, 0) is 85.3 Å². The number of nitrogens with zero attached hydrogens (tertiary/aromatic N) is 1. The number of hydrogen-bond donors (Lipinski definition) is 1. The molecule has 10 heteroatoms. The van der Waals surface area contributed by atoms with Gasteiger partial charge in [0.2, 0.25) is 5.91 Å². The highest BCUT2D eigenvalue weighted by Crippen LogP contribution is 2.26. The number of nitrogens with one attached hydrogen (secondary N) is 1. The third-order valence-electron chi connectivity index (χ3n) is 5.09. The summed E-state index contributed by atoms with van der Waals surface area (Å²) >= 11 is 11.0. The molecule has 0 aromatic heterocycles. The Morgan fingerprint density at radius 3 is 2.33 bits per heavy atom. The Bertz CT molecular complexity index is 1220. The van der Waals surface area contributed by atoms with Crippen LogP contribution in [0.4, 0.5) is 5.69 Å². The van der Waals surface area contributed by atoms with E-state index in [1.807, 2.05) is 31.2 Å². The number of benzene rings is 3. The van der Waals surface area contributed by atoms with E-state index >= 15 is 0 Å². The van der Waals surface area contributed by atoms with Crippen molar-refractivity contribution in [2.45, 2.75) is 24.0 Å². The Hall–Kier alpha value is -2.20. The van der Waals surface area contributed by atoms with Crippen LogP contribution in [0.1, 0.15) is 18.9 Å². The van der Waals surface area contributed by atoms with Crippen LogP contribution in [0.5, 0.6) is 5.75 Å². The third kappa shape index (κ3) is 8.44. The first kappa shape index (κ1) is 28.4. The molecule has 0 heterocycles. The molecule has 0 unspecified atom stereocenters. The number of thioether (sulfide) groups is 1. The van der Waals surface area contributed by atoms with Crippen molar-refractivity contribution in [3.05, 3.63) is 87.9 Å². The van der Waals surface area contributed by atoms with Crippen LogP contribution < -0.4 is 14.4 Å². The van der Waals surface area contributed by atoms with Crippen LogP contribution in [0.2, 0.25) is 5.02 Å². The molecule has 0 saturated heterocycles. The van der Waals surface area contributed by atoms with Gasteiger partial charge >= 0.3 is 0 Å². The van der Waals surface area contributed by atoms with E-state index in [0.29, 0.717) is 29.6 Å². The maximum absolute atomic E-state index is 13.4. The van der Waals surface area contributed by atoms with Crippen molar-refractivity contribution >= 4 is 60.9 Å². The fourth-order valence-electron chi connectivity index (χ4n) is 3.28. The van der Waals surface area contributed by atoms with E-state index < -0.39 is 10.0 Å². The highest BCUT2D eigenvalue weighted by molar-refractivity contribution is 9.10. The van der Waals surface area contributed by atoms with Crippen molar-refractivity contribution in [1.29, 1.82) is 0 Å². The van der Waals surface area contributed by atoms with Crippen LogP contribution in [0.25, 0.3) is 0 Å². The summed E-state index contributed by atoms with van der Waals surface area (Å²) in [6, 6.07) is 20.7. The molecule has 0 aliphatic rings. The lowest BCUT2D eigenvalue weighted by atomic mass is 10.2. The molecular weight excluding hydrogens is 584 g/mol. The molecule has 0 bridgehead atoms. The van der Waals surface area contributed by atoms with Gasteiger partial charge in [-0.2, -0.15) is 11.8 Å². The standard InChI is InChI=1S/C26H28BrClN2O4S2/c1-2-34-24-12-10-23(11-13-24)30(36(32,33)25-14-6-21(27)7-15-25)18-26(31)29-16-3-17-35-19-20-4-8-22(28)9-5-20/h4-15H,2-3,16-19H2,1H3,(H,29,31). The first-order valence-corrected chi connectivity index (χ1v) is 15.2. The zero-order chi connectivity index (χ0) is 26.0. The molecular formula is C26H28BrClN2O4S2. The minimum atomic E-state index is -3.97. The van der Waals surface area contributed by atoms with Crippen molar-refractivity contribution in [3.8, 4) is 5.75 Å². The predicted octanol–water partition coefficient (Wildman–Crippen LogP) is 6.14. The monoisotopic (exact) mass is 610 g/mol. The molecule has 1 amide bonds. The number of carbonyl (C=O) groups is 1. The van der Waals surface area contributed by atoms with Crippen LogP contribution in [0.15, 0.2) is 82.2 Å². The second-order valence-electron chi connectivity index (χ2n) is 7.78. The van der Waals surface area contributed by atoms with E-state index in [9.17, 15) is 13.2 Å². The normalized spacial score (nSPS) is 11.2. The maximum Gasteiger partial charge on any atom is 0.264 e. The van der Waals surface area contributed by atoms with Crippen LogP contribution >= 0.6 is 39.3 Å². The van der Waals surface area contributed by atoms with E-state index in [-0.39, 0.29) is 17.3 Å². The molecule has 1 N–H and O–H groups in total. The average molecular weight is 612 g/mol. The van der Waals surface area contributed by atoms with Crippen molar-refractivity contribution in [2.75, 3.05) is 29.8 Å². The molecule has 3 aromatic carbocycles. The van der Waals surface area contributed by atoms with E-state index in [1.54, 1.807) is 48.2 Å². The molecule has 0 radical (unpaired) electrons. The Kier molecular flexibility index (Phi) is 11.0. The van der Waals surface area contributed by atoms with Gasteiger partial charge in [-0.1, -0.05) is 39.7 Å². The van der Waals surface area contributed by atoms with Crippen LogP contribution in [-0.2, 0) is 20.6 Å². The first-order chi connectivity index (χ1) is 17.3. The number of rotatable bonds is 13. The first-order valence-electron chi connectivity index (χ1n) is 11.4. The van der Waals surface area contributed by atoms with Gasteiger partial charge in [0, 0.05) is 21.8 Å². The molecule has 0 aliphatic carbocycles. The number of sulfonamides is 1. The zero-order valence-electron chi connectivity index (χ0n) is 19.8. The minimum absolute atomic E-state index is 0.103. The topological polar surface area (TPSA) is 75.7 Å². The third-order valence-corrected chi connectivity index (χ3v) is 8.78. The number of halogens is 2. The second-order valence-corrected chi connectivity index (χ2v) is 12.1. The molecule has 3 aromatic rings. The number of amides is 1. The highest BCUT2D eigenvalue weighted by Gasteiger charge is 2.27. The molecule has 192 valence electrons. The zero-order valence-corrected chi connectivity index (χ0v) is 23.8. The second kappa shape index (κ2) is 13.9. The maximum atomic E-state index is 13.4. The van der Waals surface area contributed by atoms with Gasteiger partial charge in [-0.15, -0.1) is 0 Å². The van der Waals surface area contributed by atoms with Crippen LogP contribution in [0.3, 0.4) is 0 Å². The molecule has 0 fully saturated rings. The van der Waals surface area contributed by atoms with Crippen molar-refractivity contribution in [1.82, 2.24) is 5.32 Å². The lowest BCUT2D eigenvalue weighted by Gasteiger charge is -2.24. The summed E-state index contributed by atoms with van der Waals surface area (Å²) in [7, 11) is -3.97. The Morgan fingerprint density at radius 1 is 1.03 bits per heavy atom. The number of anilines is 1. The minimum Gasteiger partial charge on any atom is -0.494 e. The van der Waals surface area contributed by atoms with E-state index in [4.69, 9.17) is 16.3 Å². The van der Waals surface area contributed by atoms with E-state index in [1.165, 1.54) is 17.7 Å². The molecule has 6 nitrogen and oxygen atoms in total. The van der Waals surface area contributed by atoms with E-state index in [0.717, 1.165) is 26.7 Å². The summed E-state index contributed by atoms with van der Waals surface area (Å²) in [5.74, 6) is 1.99. The van der Waals surface area contributed by atoms with Gasteiger partial charge in [0.1, 0.15) is 12.3 Å². The smallest absolute Gasteiger partial charge is 0.264 e. The van der Waals surface area contributed by atoms with E-state index in [2.05, 4.69) is 21.2 Å². The molecule has 0 saturated carbocycles. The van der Waals surface area contributed by atoms with Gasteiger partial charge in [0.25, 0.3) is 10.0 Å². The average Bonchev–Trinajstić information content (AvgIpc) is 2.87. The molecule has 0 atom stereocenters. The van der Waals surface area contributed by atoms with Crippen LogP contribution in [0, 0.1) is 0 Å². The lowest BCUT2D eigenvalue weighted by Crippen LogP contribution is -2.41. The van der Waals surface area contributed by atoms with Crippen molar-refractivity contribution in [2.24, 2.45) is 0 Å². The van der Waals surface area contributed by atoms with Crippen LogP contribution in [-0.4, -0.2) is 39.8 Å². The van der Waals surface area contributed by atoms with Gasteiger partial charge in [0.15, 0.2) is 0 Å². The summed E-state index contributed by atoms with van der Waals surface area (Å²) in [4.78, 5) is 12.8. The summed E-state index contributed by atoms with van der Waals surface area (Å²) < 4.78 is 34.2. The number of hydrogen-bond acceptors (Lipinski definition) is 5. The summed E-state index contributed by atoms with van der Waals surface area (Å²) in [5, 5.41) is 3.56. The molecule has 0 spiro atoms. The Balaban J connectivity index is 1.60. The van der Waals surface area contributed by atoms with Crippen molar-refractivity contribution < 1.29 is 17.9 Å². The Morgan fingerprint density at radius 2 is 1.69 bits per heavy atom. The highest BCUT2D eigenvalue weighted by atomic mass is 79.9. The molecule has 36 heavy (non-hydrogen) atoms. The largest absolute Gasteiger partial charge is 0.494 e. The SMILES string of the molecule is CCOc1ccc(N(CC(=O)NCCCSCc2ccc(Cl)cc2)S(=O)(=O)c2ccc(Br)cc2)cc1. The van der Waals surface area contributed by atoms with Gasteiger partial charge in [-0.25, -0.2) is 8.42 Å². The fourth-order valence-corrected chi connectivity index (χ4v) is 6.02.